The molecule has 2 fully saturated rings. The molecule has 3 heterocycles. The highest BCUT2D eigenvalue weighted by Gasteiger charge is 2.23. The third kappa shape index (κ3) is 7.23. The Morgan fingerprint density at radius 1 is 1.20 bits per heavy atom. The summed E-state index contributed by atoms with van der Waals surface area (Å²) in [5.41, 5.74) is 1.12. The highest BCUT2D eigenvalue weighted by atomic mass is 127. The number of aliphatic imine (C=N–C) groups is 1. The zero-order valence-electron chi connectivity index (χ0n) is 18.9. The standard InChI is InChI=1S/C22H38N6O.HI/c1-5-23-22(26-14-20-8-7-11-27(20)6-2)25-13-19-9-10-21(24-12-19)28-15-17(3)29-18(4)16-28;/h9-10,12,17-18,20H,5-8,11,13-16H2,1-4H3,(H2,23,25,26);1H. The Morgan fingerprint density at radius 3 is 2.60 bits per heavy atom. The zero-order chi connectivity index (χ0) is 20.6. The first-order valence-corrected chi connectivity index (χ1v) is 11.2. The molecule has 8 heteroatoms. The Bertz CT molecular complexity index is 646. The number of nitrogens with zero attached hydrogens (tertiary/aromatic N) is 4. The molecule has 7 nitrogen and oxygen atoms in total. The topological polar surface area (TPSA) is 65.0 Å². The molecule has 2 aliphatic rings. The first kappa shape index (κ1) is 25.1. The van der Waals surface area contributed by atoms with Crippen LogP contribution in [0.25, 0.3) is 0 Å². The monoisotopic (exact) mass is 530 g/mol. The second-order valence-corrected chi connectivity index (χ2v) is 8.19. The highest BCUT2D eigenvalue weighted by Crippen LogP contribution is 2.19. The van der Waals surface area contributed by atoms with Crippen LogP contribution in [0.5, 0.6) is 0 Å². The summed E-state index contributed by atoms with van der Waals surface area (Å²) < 4.78 is 5.82. The average Bonchev–Trinajstić information content (AvgIpc) is 3.17. The van der Waals surface area contributed by atoms with Gasteiger partial charge >= 0.3 is 0 Å². The van der Waals surface area contributed by atoms with Crippen LogP contribution in [-0.4, -0.2) is 73.4 Å². The fourth-order valence-corrected chi connectivity index (χ4v) is 4.33. The molecule has 3 unspecified atom stereocenters. The molecule has 0 aliphatic carbocycles. The lowest BCUT2D eigenvalue weighted by atomic mass is 10.2. The van der Waals surface area contributed by atoms with Gasteiger partial charge in [-0.05, 0) is 58.3 Å². The van der Waals surface area contributed by atoms with Crippen LogP contribution >= 0.6 is 24.0 Å². The van der Waals surface area contributed by atoms with Gasteiger partial charge in [-0.3, -0.25) is 4.90 Å². The maximum atomic E-state index is 5.82. The van der Waals surface area contributed by atoms with Gasteiger partial charge in [0.25, 0.3) is 0 Å². The van der Waals surface area contributed by atoms with Gasteiger partial charge < -0.3 is 20.3 Å². The van der Waals surface area contributed by atoms with Crippen LogP contribution in [0, 0.1) is 0 Å². The number of pyridine rings is 1. The Hall–Kier alpha value is -1.13. The molecular weight excluding hydrogens is 491 g/mol. The Morgan fingerprint density at radius 2 is 1.97 bits per heavy atom. The molecule has 2 saturated heterocycles. The van der Waals surface area contributed by atoms with Gasteiger partial charge in [-0.1, -0.05) is 13.0 Å². The van der Waals surface area contributed by atoms with Gasteiger partial charge in [0.15, 0.2) is 5.96 Å². The number of rotatable bonds is 7. The number of hydrogen-bond donors (Lipinski definition) is 2. The van der Waals surface area contributed by atoms with Crippen molar-refractivity contribution in [2.24, 2.45) is 4.99 Å². The van der Waals surface area contributed by atoms with Crippen LogP contribution in [-0.2, 0) is 11.3 Å². The van der Waals surface area contributed by atoms with Crippen molar-refractivity contribution in [1.29, 1.82) is 0 Å². The summed E-state index contributed by atoms with van der Waals surface area (Å²) in [7, 11) is 0. The number of aromatic nitrogens is 1. The molecule has 3 rings (SSSR count). The van der Waals surface area contributed by atoms with Crippen molar-refractivity contribution >= 4 is 35.8 Å². The summed E-state index contributed by atoms with van der Waals surface area (Å²) in [4.78, 5) is 14.3. The maximum absolute atomic E-state index is 5.82. The number of nitrogens with one attached hydrogen (secondary N) is 2. The van der Waals surface area contributed by atoms with E-state index in [9.17, 15) is 0 Å². The third-order valence-corrected chi connectivity index (χ3v) is 5.73. The first-order valence-electron chi connectivity index (χ1n) is 11.2. The molecule has 1 aromatic rings. The number of morpholine rings is 1. The van der Waals surface area contributed by atoms with Crippen molar-refractivity contribution in [3.63, 3.8) is 0 Å². The summed E-state index contributed by atoms with van der Waals surface area (Å²) in [5, 5.41) is 6.88. The molecule has 1 aromatic heterocycles. The van der Waals surface area contributed by atoms with E-state index in [0.29, 0.717) is 12.6 Å². The normalized spacial score (nSPS) is 25.1. The minimum atomic E-state index is 0. The van der Waals surface area contributed by atoms with E-state index in [1.165, 1.54) is 19.4 Å². The van der Waals surface area contributed by atoms with E-state index in [4.69, 9.17) is 9.73 Å². The minimum absolute atomic E-state index is 0. The lowest BCUT2D eigenvalue weighted by Crippen LogP contribution is -2.45. The van der Waals surface area contributed by atoms with Crippen molar-refractivity contribution in [3.8, 4) is 0 Å². The largest absolute Gasteiger partial charge is 0.372 e. The predicted molar refractivity (Wildman–Crippen MR) is 135 cm³/mol. The van der Waals surface area contributed by atoms with Crippen LogP contribution in [0.4, 0.5) is 5.82 Å². The molecule has 30 heavy (non-hydrogen) atoms. The number of guanidine groups is 1. The summed E-state index contributed by atoms with van der Waals surface area (Å²) in [6.07, 6.45) is 4.99. The van der Waals surface area contributed by atoms with E-state index < -0.39 is 0 Å². The number of anilines is 1. The quantitative estimate of drug-likeness (QED) is 0.321. The summed E-state index contributed by atoms with van der Waals surface area (Å²) >= 11 is 0. The van der Waals surface area contributed by atoms with Crippen molar-refractivity contribution < 1.29 is 4.74 Å². The second kappa shape index (κ2) is 12.7. The van der Waals surface area contributed by atoms with Crippen LogP contribution in [0.15, 0.2) is 23.3 Å². The molecular formula is C22H39IN6O. The van der Waals surface area contributed by atoms with Gasteiger partial charge in [-0.2, -0.15) is 0 Å². The Balaban J connectivity index is 0.00000320. The van der Waals surface area contributed by atoms with E-state index in [0.717, 1.165) is 50.1 Å². The SMILES string of the molecule is CCNC(=NCc1ccc(N2CC(C)OC(C)C2)nc1)NCC1CCCN1CC.I. The number of hydrogen-bond acceptors (Lipinski definition) is 5. The van der Waals surface area contributed by atoms with E-state index in [2.05, 4.69) is 65.2 Å². The van der Waals surface area contributed by atoms with Gasteiger partial charge in [-0.15, -0.1) is 24.0 Å². The van der Waals surface area contributed by atoms with Crippen LogP contribution < -0.4 is 15.5 Å². The summed E-state index contributed by atoms with van der Waals surface area (Å²) in [5.74, 6) is 1.90. The molecule has 0 bridgehead atoms. The zero-order valence-corrected chi connectivity index (χ0v) is 21.3. The fraction of sp³-hybridized carbons (Fsp3) is 0.727. The van der Waals surface area contributed by atoms with E-state index in [-0.39, 0.29) is 36.2 Å². The van der Waals surface area contributed by atoms with Gasteiger partial charge in [0.1, 0.15) is 5.82 Å². The first-order chi connectivity index (χ1) is 14.1. The molecule has 2 N–H and O–H groups in total. The molecule has 0 spiro atoms. The van der Waals surface area contributed by atoms with Crippen LogP contribution in [0.1, 0.15) is 46.1 Å². The van der Waals surface area contributed by atoms with Gasteiger partial charge in [0.05, 0.1) is 18.8 Å². The number of ether oxygens (including phenoxy) is 1. The number of likely N-dealkylation sites (N-methyl/N-ethyl adjacent to an activating group) is 1. The Labute approximate surface area is 199 Å². The van der Waals surface area contributed by atoms with E-state index in [1.807, 2.05) is 6.20 Å². The third-order valence-electron chi connectivity index (χ3n) is 5.73. The van der Waals surface area contributed by atoms with Crippen molar-refractivity contribution in [2.75, 3.05) is 44.2 Å². The molecule has 0 saturated carbocycles. The smallest absolute Gasteiger partial charge is 0.191 e. The number of likely N-dealkylation sites (tertiary alicyclic amines) is 1. The summed E-state index contributed by atoms with van der Waals surface area (Å²) in [6.45, 7) is 15.1. The molecule has 2 aliphatic heterocycles. The fourth-order valence-electron chi connectivity index (χ4n) is 4.33. The van der Waals surface area contributed by atoms with Gasteiger partial charge in [0.2, 0.25) is 0 Å². The van der Waals surface area contributed by atoms with Crippen molar-refractivity contribution in [1.82, 2.24) is 20.5 Å². The van der Waals surface area contributed by atoms with Gasteiger partial charge in [0, 0.05) is 38.4 Å². The van der Waals surface area contributed by atoms with E-state index >= 15 is 0 Å². The lowest BCUT2D eigenvalue weighted by molar-refractivity contribution is -0.00545. The molecule has 3 atom stereocenters. The molecule has 170 valence electrons. The van der Waals surface area contributed by atoms with Gasteiger partial charge in [-0.25, -0.2) is 9.98 Å². The molecule has 0 radical (unpaired) electrons. The van der Waals surface area contributed by atoms with Crippen molar-refractivity contribution in [2.45, 2.75) is 65.3 Å². The van der Waals surface area contributed by atoms with Crippen molar-refractivity contribution in [3.05, 3.63) is 23.9 Å². The average molecular weight is 530 g/mol. The lowest BCUT2D eigenvalue weighted by Gasteiger charge is -2.36. The maximum Gasteiger partial charge on any atom is 0.191 e. The van der Waals surface area contributed by atoms with Crippen LogP contribution in [0.3, 0.4) is 0 Å². The predicted octanol–water partition coefficient (Wildman–Crippen LogP) is 2.85. The minimum Gasteiger partial charge on any atom is -0.372 e. The Kier molecular flexibility index (Phi) is 10.6. The summed E-state index contributed by atoms with van der Waals surface area (Å²) in [6, 6.07) is 4.85. The molecule has 0 aromatic carbocycles. The van der Waals surface area contributed by atoms with Crippen LogP contribution in [0.2, 0.25) is 0 Å². The highest BCUT2D eigenvalue weighted by molar-refractivity contribution is 14.0. The molecule has 0 amide bonds. The number of halogens is 1. The second-order valence-electron chi connectivity index (χ2n) is 8.19. The van der Waals surface area contributed by atoms with E-state index in [1.54, 1.807) is 0 Å².